The minimum absolute atomic E-state index is 0.0786. The number of ether oxygens (including phenoxy) is 4. The summed E-state index contributed by atoms with van der Waals surface area (Å²) in [5, 5.41) is 0.440. The molecule has 1 aliphatic rings. The zero-order valence-electron chi connectivity index (χ0n) is 17.8. The summed E-state index contributed by atoms with van der Waals surface area (Å²) < 4.78 is 27.4. The van der Waals surface area contributed by atoms with Crippen molar-refractivity contribution in [2.75, 3.05) is 32.9 Å². The van der Waals surface area contributed by atoms with Crippen LogP contribution in [-0.4, -0.2) is 32.7 Å². The number of nitrogens with two attached hydrogens (primary N) is 1. The lowest BCUT2D eigenvalue weighted by Crippen LogP contribution is -2.27. The van der Waals surface area contributed by atoms with Crippen molar-refractivity contribution < 1.29 is 23.4 Å². The highest BCUT2D eigenvalue weighted by molar-refractivity contribution is 5.87. The highest BCUT2D eigenvalue weighted by atomic mass is 16.7. The van der Waals surface area contributed by atoms with E-state index in [1.54, 1.807) is 31.4 Å². The summed E-state index contributed by atoms with van der Waals surface area (Å²) in [7, 11) is 1.60. The summed E-state index contributed by atoms with van der Waals surface area (Å²) in [4.78, 5) is 13.2. The van der Waals surface area contributed by atoms with Crippen molar-refractivity contribution >= 4 is 22.7 Å². The Morgan fingerprint density at radius 3 is 2.74 bits per heavy atom. The summed E-state index contributed by atoms with van der Waals surface area (Å²) in [6, 6.07) is 8.64. The predicted octanol–water partition coefficient (Wildman–Crippen LogP) is 4.23. The van der Waals surface area contributed by atoms with Gasteiger partial charge in [0.05, 0.1) is 24.2 Å². The summed E-state index contributed by atoms with van der Waals surface area (Å²) >= 11 is 0. The van der Waals surface area contributed by atoms with E-state index in [9.17, 15) is 4.79 Å². The molecule has 0 unspecified atom stereocenters. The van der Waals surface area contributed by atoms with Crippen LogP contribution >= 0.6 is 0 Å². The highest BCUT2D eigenvalue weighted by Gasteiger charge is 2.23. The van der Waals surface area contributed by atoms with Gasteiger partial charge in [0, 0.05) is 36.1 Å². The first-order valence-corrected chi connectivity index (χ1v) is 9.95. The molecule has 2 heterocycles. The van der Waals surface area contributed by atoms with E-state index in [1.807, 2.05) is 32.1 Å². The van der Waals surface area contributed by atoms with E-state index >= 15 is 0 Å². The van der Waals surface area contributed by atoms with Gasteiger partial charge in [0.1, 0.15) is 28.9 Å². The molecule has 1 aliphatic heterocycles. The van der Waals surface area contributed by atoms with E-state index in [0.717, 1.165) is 5.56 Å². The lowest BCUT2D eigenvalue weighted by atomic mass is 9.97. The Balaban J connectivity index is 1.63. The molecule has 7 nitrogen and oxygen atoms in total. The Morgan fingerprint density at radius 2 is 1.94 bits per heavy atom. The number of methoxy groups -OCH3 is 1. The number of nitrogen functional groups attached to an aromatic ring is 1. The van der Waals surface area contributed by atoms with Crippen LogP contribution in [0.25, 0.3) is 28.2 Å². The maximum Gasteiger partial charge on any atom is 0.200 e. The molecule has 0 saturated heterocycles. The molecule has 0 aliphatic carbocycles. The summed E-state index contributed by atoms with van der Waals surface area (Å²) in [6.45, 7) is 4.94. The molecule has 0 amide bonds. The van der Waals surface area contributed by atoms with Crippen molar-refractivity contribution in [1.82, 2.24) is 0 Å². The molecule has 3 aromatic rings. The smallest absolute Gasteiger partial charge is 0.200 e. The van der Waals surface area contributed by atoms with Gasteiger partial charge in [-0.3, -0.25) is 4.79 Å². The van der Waals surface area contributed by atoms with Crippen LogP contribution in [0.5, 0.6) is 11.5 Å². The number of benzene rings is 2. The number of hydrogen-bond donors (Lipinski definition) is 1. The Morgan fingerprint density at radius 1 is 1.10 bits per heavy atom. The van der Waals surface area contributed by atoms with E-state index in [4.69, 9.17) is 29.1 Å². The second kappa shape index (κ2) is 8.45. The average Bonchev–Trinajstić information content (AvgIpc) is 2.73. The van der Waals surface area contributed by atoms with Gasteiger partial charge in [-0.25, -0.2) is 0 Å². The zero-order valence-corrected chi connectivity index (χ0v) is 17.8. The van der Waals surface area contributed by atoms with E-state index in [-0.39, 0.29) is 12.2 Å². The number of anilines is 1. The molecule has 0 spiro atoms. The van der Waals surface area contributed by atoms with Crippen molar-refractivity contribution in [3.8, 4) is 22.6 Å². The molecule has 0 bridgehead atoms. The highest BCUT2D eigenvalue weighted by Crippen LogP contribution is 2.37. The quantitative estimate of drug-likeness (QED) is 0.345. The van der Waals surface area contributed by atoms with Gasteiger partial charge in [0.25, 0.3) is 0 Å². The second-order valence-electron chi connectivity index (χ2n) is 7.82. The third-order valence-corrected chi connectivity index (χ3v) is 5.00. The van der Waals surface area contributed by atoms with Gasteiger partial charge in [-0.1, -0.05) is 6.08 Å². The molecule has 4 rings (SSSR count). The number of hydrogen-bond acceptors (Lipinski definition) is 7. The summed E-state index contributed by atoms with van der Waals surface area (Å²) in [5.74, 6) is 1.23. The van der Waals surface area contributed by atoms with Crippen LogP contribution < -0.4 is 20.6 Å². The van der Waals surface area contributed by atoms with Gasteiger partial charge >= 0.3 is 0 Å². The minimum atomic E-state index is -0.405. The van der Waals surface area contributed by atoms with Crippen LogP contribution in [0.15, 0.2) is 51.9 Å². The van der Waals surface area contributed by atoms with Crippen LogP contribution in [0, 0.1) is 0 Å². The van der Waals surface area contributed by atoms with Crippen LogP contribution in [-0.2, 0) is 9.47 Å². The second-order valence-corrected chi connectivity index (χ2v) is 7.82. The van der Waals surface area contributed by atoms with Gasteiger partial charge in [0.2, 0.25) is 5.43 Å². The van der Waals surface area contributed by atoms with Crippen molar-refractivity contribution in [3.63, 3.8) is 0 Å². The largest absolute Gasteiger partial charge is 0.483 e. The van der Waals surface area contributed by atoms with Crippen molar-refractivity contribution in [3.05, 3.63) is 58.5 Å². The fourth-order valence-corrected chi connectivity index (χ4v) is 3.37. The molecular formula is C24H25NO6. The first-order valence-electron chi connectivity index (χ1n) is 9.95. The Kier molecular flexibility index (Phi) is 5.71. The fraction of sp³-hybridized carbons (Fsp3) is 0.292. The van der Waals surface area contributed by atoms with E-state index < -0.39 is 5.60 Å². The molecule has 0 radical (unpaired) electrons. The Labute approximate surface area is 180 Å². The topological polar surface area (TPSA) is 93.2 Å². The van der Waals surface area contributed by atoms with Gasteiger partial charge < -0.3 is 29.1 Å². The third-order valence-electron chi connectivity index (χ3n) is 5.00. The average molecular weight is 423 g/mol. The van der Waals surface area contributed by atoms with Crippen LogP contribution in [0.3, 0.4) is 0 Å². The van der Waals surface area contributed by atoms with E-state index in [0.29, 0.717) is 52.5 Å². The maximum absolute atomic E-state index is 13.2. The van der Waals surface area contributed by atoms with Crippen LogP contribution in [0.2, 0.25) is 0 Å². The number of fused-ring (bicyclic) bond motifs is 2. The Hall–Kier alpha value is -3.29. The number of rotatable bonds is 7. The SMILES string of the molecule is COCCOCOc1ccc2c(=O)c(-c3cc4c(cc3N)OC(C)(C)C=C4)coc2c1. The zero-order chi connectivity index (χ0) is 22.0. The summed E-state index contributed by atoms with van der Waals surface area (Å²) in [5.41, 5.74) is 8.42. The third kappa shape index (κ3) is 4.42. The van der Waals surface area contributed by atoms with Crippen molar-refractivity contribution in [1.29, 1.82) is 0 Å². The standard InChI is InChI=1S/C24H25NO6/c1-24(2)7-6-15-10-18(20(25)12-21(15)31-24)19-13-29-22-11-16(4-5-17(22)23(19)26)30-14-28-9-8-27-3/h4-7,10-13H,8-9,14,25H2,1-3H3. The predicted molar refractivity (Wildman–Crippen MR) is 119 cm³/mol. The lowest BCUT2D eigenvalue weighted by Gasteiger charge is -2.28. The molecular weight excluding hydrogens is 398 g/mol. The van der Waals surface area contributed by atoms with Crippen molar-refractivity contribution in [2.24, 2.45) is 0 Å². The first kappa shape index (κ1) is 21.0. The molecule has 2 aromatic carbocycles. The molecule has 0 fully saturated rings. The molecule has 31 heavy (non-hydrogen) atoms. The molecule has 2 N–H and O–H groups in total. The van der Waals surface area contributed by atoms with Crippen LogP contribution in [0.4, 0.5) is 5.69 Å². The monoisotopic (exact) mass is 423 g/mol. The molecule has 1 aromatic heterocycles. The fourth-order valence-electron chi connectivity index (χ4n) is 3.37. The van der Waals surface area contributed by atoms with E-state index in [1.165, 1.54) is 6.26 Å². The summed E-state index contributed by atoms with van der Waals surface area (Å²) in [6.07, 6.45) is 5.38. The molecule has 162 valence electrons. The maximum atomic E-state index is 13.2. The van der Waals surface area contributed by atoms with Crippen LogP contribution in [0.1, 0.15) is 19.4 Å². The lowest BCUT2D eigenvalue weighted by molar-refractivity contribution is -0.00843. The van der Waals surface area contributed by atoms with Crippen molar-refractivity contribution in [2.45, 2.75) is 19.4 Å². The van der Waals surface area contributed by atoms with Gasteiger partial charge in [-0.2, -0.15) is 0 Å². The van der Waals surface area contributed by atoms with E-state index in [2.05, 4.69) is 0 Å². The van der Waals surface area contributed by atoms with Gasteiger partial charge in [-0.15, -0.1) is 0 Å². The Bertz CT molecular complexity index is 1190. The molecule has 0 saturated carbocycles. The minimum Gasteiger partial charge on any atom is -0.483 e. The van der Waals surface area contributed by atoms with Gasteiger partial charge in [0.15, 0.2) is 6.79 Å². The first-order chi connectivity index (χ1) is 14.9. The molecule has 7 heteroatoms. The van der Waals surface area contributed by atoms with Gasteiger partial charge in [-0.05, 0) is 38.1 Å². The normalized spacial score (nSPS) is 14.3. The molecule has 0 atom stereocenters.